The summed E-state index contributed by atoms with van der Waals surface area (Å²) in [7, 11) is 0. The van der Waals surface area contributed by atoms with Gasteiger partial charge in [-0.05, 0) is 49.5 Å². The third-order valence-corrected chi connectivity index (χ3v) is 3.71. The molecule has 3 heteroatoms. The molecule has 0 amide bonds. The molecule has 1 aromatic carbocycles. The molecule has 0 aromatic heterocycles. The predicted octanol–water partition coefficient (Wildman–Crippen LogP) is 3.04. The lowest BCUT2D eigenvalue weighted by molar-refractivity contribution is 0.164. The van der Waals surface area contributed by atoms with Gasteiger partial charge in [-0.15, -0.1) is 0 Å². The molecule has 0 saturated carbocycles. The van der Waals surface area contributed by atoms with Crippen LogP contribution in [0.25, 0.3) is 0 Å². The lowest BCUT2D eigenvalue weighted by Gasteiger charge is -2.33. The molecule has 1 aromatic rings. The van der Waals surface area contributed by atoms with Crippen molar-refractivity contribution in [1.82, 2.24) is 10.2 Å². The Balaban J connectivity index is 1.83. The molecule has 2 nitrogen and oxygen atoms in total. The van der Waals surface area contributed by atoms with Gasteiger partial charge in [0.15, 0.2) is 0 Å². The van der Waals surface area contributed by atoms with E-state index in [9.17, 15) is 4.39 Å². The zero-order valence-corrected chi connectivity index (χ0v) is 12.0. The van der Waals surface area contributed by atoms with E-state index in [0.717, 1.165) is 37.7 Å². The molecular weight excluding hydrogens is 239 g/mol. The first-order valence-corrected chi connectivity index (χ1v) is 7.33. The maximum atomic E-state index is 13.2. The van der Waals surface area contributed by atoms with Crippen molar-refractivity contribution in [3.8, 4) is 0 Å². The summed E-state index contributed by atoms with van der Waals surface area (Å²) in [6.45, 7) is 8.60. The van der Waals surface area contributed by atoms with E-state index in [4.69, 9.17) is 0 Å². The standard InChI is InChI=1S/C16H25FN2/c1-13(2)18-10-15-6-4-8-19(12-15)11-14-5-3-7-16(17)9-14/h3,5,7,9,13,15,18H,4,6,8,10-12H2,1-2H3. The minimum atomic E-state index is -0.132. The van der Waals surface area contributed by atoms with Crippen LogP contribution >= 0.6 is 0 Å². The maximum absolute atomic E-state index is 13.2. The molecule has 1 aliphatic heterocycles. The van der Waals surface area contributed by atoms with Gasteiger partial charge in [-0.2, -0.15) is 0 Å². The third-order valence-electron chi connectivity index (χ3n) is 3.71. The van der Waals surface area contributed by atoms with Gasteiger partial charge in [0, 0.05) is 19.1 Å². The van der Waals surface area contributed by atoms with E-state index in [1.807, 2.05) is 6.07 Å². The van der Waals surface area contributed by atoms with Gasteiger partial charge in [0.1, 0.15) is 5.82 Å². The molecule has 0 aliphatic carbocycles. The summed E-state index contributed by atoms with van der Waals surface area (Å²) >= 11 is 0. The minimum Gasteiger partial charge on any atom is -0.314 e. The second-order valence-corrected chi connectivity index (χ2v) is 5.94. The number of likely N-dealkylation sites (tertiary alicyclic amines) is 1. The highest BCUT2D eigenvalue weighted by atomic mass is 19.1. The molecule has 1 atom stereocenters. The Bertz CT molecular complexity index is 392. The number of hydrogen-bond donors (Lipinski definition) is 1. The zero-order chi connectivity index (χ0) is 13.7. The van der Waals surface area contributed by atoms with E-state index in [-0.39, 0.29) is 5.82 Å². The van der Waals surface area contributed by atoms with Crippen LogP contribution in [0, 0.1) is 11.7 Å². The maximum Gasteiger partial charge on any atom is 0.123 e. The topological polar surface area (TPSA) is 15.3 Å². The Morgan fingerprint density at radius 2 is 2.26 bits per heavy atom. The van der Waals surface area contributed by atoms with E-state index in [1.54, 1.807) is 12.1 Å². The Labute approximate surface area is 116 Å². The first kappa shape index (κ1) is 14.5. The lowest BCUT2D eigenvalue weighted by Crippen LogP contribution is -2.40. The van der Waals surface area contributed by atoms with Gasteiger partial charge in [-0.1, -0.05) is 26.0 Å². The molecule has 1 unspecified atom stereocenters. The molecule has 0 radical (unpaired) electrons. The van der Waals surface area contributed by atoms with Gasteiger partial charge in [-0.25, -0.2) is 4.39 Å². The summed E-state index contributed by atoms with van der Waals surface area (Å²) in [5.41, 5.74) is 1.08. The van der Waals surface area contributed by atoms with Crippen LogP contribution in [0.3, 0.4) is 0 Å². The molecule has 0 bridgehead atoms. The average molecular weight is 264 g/mol. The van der Waals surface area contributed by atoms with Crippen molar-refractivity contribution in [2.75, 3.05) is 19.6 Å². The zero-order valence-electron chi connectivity index (χ0n) is 12.0. The minimum absolute atomic E-state index is 0.132. The summed E-state index contributed by atoms with van der Waals surface area (Å²) in [5.74, 6) is 0.595. The number of hydrogen-bond acceptors (Lipinski definition) is 2. The monoisotopic (exact) mass is 264 g/mol. The van der Waals surface area contributed by atoms with Crippen molar-refractivity contribution in [2.45, 2.75) is 39.3 Å². The van der Waals surface area contributed by atoms with Crippen LogP contribution in [0.5, 0.6) is 0 Å². The van der Waals surface area contributed by atoms with Gasteiger partial charge in [0.25, 0.3) is 0 Å². The fourth-order valence-corrected chi connectivity index (χ4v) is 2.76. The Morgan fingerprint density at radius 3 is 3.00 bits per heavy atom. The molecule has 0 spiro atoms. The number of rotatable bonds is 5. The van der Waals surface area contributed by atoms with Gasteiger partial charge in [-0.3, -0.25) is 4.90 Å². The Morgan fingerprint density at radius 1 is 1.42 bits per heavy atom. The van der Waals surface area contributed by atoms with Crippen LogP contribution < -0.4 is 5.32 Å². The van der Waals surface area contributed by atoms with E-state index in [1.165, 1.54) is 18.9 Å². The molecule has 106 valence electrons. The molecule has 1 N–H and O–H groups in total. The molecule has 1 heterocycles. The van der Waals surface area contributed by atoms with Crippen molar-refractivity contribution in [2.24, 2.45) is 5.92 Å². The Kier molecular flexibility index (Phi) is 5.34. The van der Waals surface area contributed by atoms with Gasteiger partial charge < -0.3 is 5.32 Å². The summed E-state index contributed by atoms with van der Waals surface area (Å²) in [6.07, 6.45) is 2.55. The quantitative estimate of drug-likeness (QED) is 0.879. The highest BCUT2D eigenvalue weighted by Crippen LogP contribution is 2.18. The first-order valence-electron chi connectivity index (χ1n) is 7.33. The fraction of sp³-hybridized carbons (Fsp3) is 0.625. The van der Waals surface area contributed by atoms with Crippen molar-refractivity contribution < 1.29 is 4.39 Å². The largest absolute Gasteiger partial charge is 0.314 e. The van der Waals surface area contributed by atoms with E-state index in [2.05, 4.69) is 24.1 Å². The van der Waals surface area contributed by atoms with E-state index < -0.39 is 0 Å². The number of halogens is 1. The average Bonchev–Trinajstić information content (AvgIpc) is 2.37. The van der Waals surface area contributed by atoms with Crippen LogP contribution in [0.1, 0.15) is 32.3 Å². The van der Waals surface area contributed by atoms with Crippen molar-refractivity contribution >= 4 is 0 Å². The number of nitrogens with one attached hydrogen (secondary N) is 1. The lowest BCUT2D eigenvalue weighted by atomic mass is 9.97. The van der Waals surface area contributed by atoms with Crippen molar-refractivity contribution in [1.29, 1.82) is 0 Å². The third kappa shape index (κ3) is 4.92. The smallest absolute Gasteiger partial charge is 0.123 e. The second-order valence-electron chi connectivity index (χ2n) is 5.94. The van der Waals surface area contributed by atoms with Crippen LogP contribution in [0.2, 0.25) is 0 Å². The highest BCUT2D eigenvalue weighted by Gasteiger charge is 2.19. The SMILES string of the molecule is CC(C)NCC1CCCN(Cc2cccc(F)c2)C1. The summed E-state index contributed by atoms with van der Waals surface area (Å²) in [6, 6.07) is 7.52. The van der Waals surface area contributed by atoms with E-state index in [0.29, 0.717) is 6.04 Å². The van der Waals surface area contributed by atoms with Crippen LogP contribution in [0.4, 0.5) is 4.39 Å². The summed E-state index contributed by atoms with van der Waals surface area (Å²) in [4.78, 5) is 2.45. The van der Waals surface area contributed by atoms with E-state index >= 15 is 0 Å². The summed E-state index contributed by atoms with van der Waals surface area (Å²) < 4.78 is 13.2. The summed E-state index contributed by atoms with van der Waals surface area (Å²) in [5, 5.41) is 3.52. The molecular formula is C16H25FN2. The molecule has 19 heavy (non-hydrogen) atoms. The van der Waals surface area contributed by atoms with Gasteiger partial charge in [0.2, 0.25) is 0 Å². The van der Waals surface area contributed by atoms with Crippen molar-refractivity contribution in [3.05, 3.63) is 35.6 Å². The highest BCUT2D eigenvalue weighted by molar-refractivity contribution is 5.16. The molecule has 2 rings (SSSR count). The molecule has 1 aliphatic rings. The number of nitrogens with zero attached hydrogens (tertiary/aromatic N) is 1. The normalized spacial score (nSPS) is 20.9. The van der Waals surface area contributed by atoms with Crippen molar-refractivity contribution in [3.63, 3.8) is 0 Å². The van der Waals surface area contributed by atoms with Gasteiger partial charge >= 0.3 is 0 Å². The number of piperidine rings is 1. The number of benzene rings is 1. The molecule has 1 fully saturated rings. The molecule has 1 saturated heterocycles. The first-order chi connectivity index (χ1) is 9.13. The van der Waals surface area contributed by atoms with Crippen LogP contribution in [0.15, 0.2) is 24.3 Å². The fourth-order valence-electron chi connectivity index (χ4n) is 2.76. The second kappa shape index (κ2) is 7.01. The Hall–Kier alpha value is -0.930. The van der Waals surface area contributed by atoms with Crippen LogP contribution in [-0.2, 0) is 6.54 Å². The van der Waals surface area contributed by atoms with Crippen LogP contribution in [-0.4, -0.2) is 30.6 Å². The van der Waals surface area contributed by atoms with Gasteiger partial charge in [0.05, 0.1) is 0 Å². The predicted molar refractivity (Wildman–Crippen MR) is 77.5 cm³/mol.